The Kier molecular flexibility index (Phi) is 4.43. The number of likely N-dealkylation sites (N-methyl/N-ethyl adjacent to an activating group) is 2. The van der Waals surface area contributed by atoms with E-state index in [-0.39, 0.29) is 0 Å². The zero-order valence-corrected chi connectivity index (χ0v) is 10.0. The predicted molar refractivity (Wildman–Crippen MR) is 64.8 cm³/mol. The molecule has 0 saturated carbocycles. The van der Waals surface area contributed by atoms with E-state index >= 15 is 0 Å². The Morgan fingerprint density at radius 2 is 1.87 bits per heavy atom. The van der Waals surface area contributed by atoms with Gasteiger partial charge in [0.25, 0.3) is 0 Å². The number of rotatable bonds is 5. The number of nitrogens with zero attached hydrogens (tertiary/aromatic N) is 2. The third-order valence-corrected chi connectivity index (χ3v) is 2.38. The summed E-state index contributed by atoms with van der Waals surface area (Å²) in [6.45, 7) is 2.06. The van der Waals surface area contributed by atoms with Crippen molar-refractivity contribution in [2.75, 3.05) is 46.2 Å². The molecule has 0 N–H and O–H groups in total. The normalized spacial score (nSPS) is 10.5. The van der Waals surface area contributed by atoms with Crippen LogP contribution >= 0.6 is 0 Å². The molecule has 0 aliphatic heterocycles. The van der Waals surface area contributed by atoms with Crippen molar-refractivity contribution in [1.29, 1.82) is 0 Å². The van der Waals surface area contributed by atoms with Gasteiger partial charge in [0.1, 0.15) is 5.75 Å². The Hall–Kier alpha value is -1.22. The van der Waals surface area contributed by atoms with E-state index in [9.17, 15) is 0 Å². The third kappa shape index (κ3) is 3.80. The number of methoxy groups -OCH3 is 1. The molecule has 3 heteroatoms. The van der Waals surface area contributed by atoms with Crippen molar-refractivity contribution in [3.05, 3.63) is 24.3 Å². The van der Waals surface area contributed by atoms with Crippen LogP contribution in [0.15, 0.2) is 24.3 Å². The summed E-state index contributed by atoms with van der Waals surface area (Å²) in [4.78, 5) is 4.40. The van der Waals surface area contributed by atoms with Gasteiger partial charge in [0.15, 0.2) is 0 Å². The highest BCUT2D eigenvalue weighted by Crippen LogP contribution is 2.19. The first-order chi connectivity index (χ1) is 7.13. The van der Waals surface area contributed by atoms with Crippen LogP contribution in [0, 0.1) is 0 Å². The van der Waals surface area contributed by atoms with Gasteiger partial charge in [-0.25, -0.2) is 0 Å². The van der Waals surface area contributed by atoms with Crippen LogP contribution in [-0.4, -0.2) is 46.2 Å². The van der Waals surface area contributed by atoms with Crippen molar-refractivity contribution >= 4 is 5.69 Å². The maximum absolute atomic E-state index is 5.19. The first-order valence-electron chi connectivity index (χ1n) is 5.13. The molecule has 0 saturated heterocycles. The highest BCUT2D eigenvalue weighted by molar-refractivity contribution is 5.50. The quantitative estimate of drug-likeness (QED) is 0.732. The summed E-state index contributed by atoms with van der Waals surface area (Å²) < 4.78 is 5.19. The second-order valence-corrected chi connectivity index (χ2v) is 3.93. The summed E-state index contributed by atoms with van der Waals surface area (Å²) in [5, 5.41) is 0. The Labute approximate surface area is 92.3 Å². The summed E-state index contributed by atoms with van der Waals surface area (Å²) in [5.74, 6) is 0.907. The molecule has 0 spiro atoms. The van der Waals surface area contributed by atoms with Crippen molar-refractivity contribution in [3.8, 4) is 5.75 Å². The molecule has 3 nitrogen and oxygen atoms in total. The van der Waals surface area contributed by atoms with Crippen LogP contribution in [0.5, 0.6) is 5.75 Å². The Bertz CT molecular complexity index is 299. The number of ether oxygens (including phenoxy) is 1. The molecular weight excluding hydrogens is 188 g/mol. The second kappa shape index (κ2) is 5.61. The highest BCUT2D eigenvalue weighted by atomic mass is 16.5. The number of hydrogen-bond donors (Lipinski definition) is 0. The second-order valence-electron chi connectivity index (χ2n) is 3.93. The van der Waals surface area contributed by atoms with Crippen molar-refractivity contribution in [1.82, 2.24) is 4.90 Å². The van der Waals surface area contributed by atoms with Crippen molar-refractivity contribution in [3.63, 3.8) is 0 Å². The summed E-state index contributed by atoms with van der Waals surface area (Å²) in [6, 6.07) is 8.12. The maximum atomic E-state index is 5.19. The van der Waals surface area contributed by atoms with E-state index in [4.69, 9.17) is 4.74 Å². The zero-order chi connectivity index (χ0) is 11.3. The molecule has 1 aromatic carbocycles. The van der Waals surface area contributed by atoms with E-state index in [0.29, 0.717) is 0 Å². The number of benzene rings is 1. The lowest BCUT2D eigenvalue weighted by Gasteiger charge is -2.21. The maximum Gasteiger partial charge on any atom is 0.120 e. The minimum Gasteiger partial charge on any atom is -0.497 e. The first-order valence-corrected chi connectivity index (χ1v) is 5.13. The van der Waals surface area contributed by atoms with Gasteiger partial charge in [0.2, 0.25) is 0 Å². The fourth-order valence-electron chi connectivity index (χ4n) is 1.33. The smallest absolute Gasteiger partial charge is 0.120 e. The number of hydrogen-bond acceptors (Lipinski definition) is 3. The van der Waals surface area contributed by atoms with Gasteiger partial charge in [0, 0.05) is 31.9 Å². The van der Waals surface area contributed by atoms with E-state index in [1.807, 2.05) is 12.1 Å². The van der Waals surface area contributed by atoms with Crippen molar-refractivity contribution in [2.45, 2.75) is 0 Å². The number of anilines is 1. The lowest BCUT2D eigenvalue weighted by Crippen LogP contribution is -2.28. The Morgan fingerprint density at radius 3 is 2.47 bits per heavy atom. The largest absolute Gasteiger partial charge is 0.497 e. The molecule has 0 radical (unpaired) electrons. The van der Waals surface area contributed by atoms with Gasteiger partial charge in [-0.15, -0.1) is 0 Å². The van der Waals surface area contributed by atoms with Crippen LogP contribution in [0.4, 0.5) is 5.69 Å². The van der Waals surface area contributed by atoms with E-state index in [2.05, 4.69) is 43.1 Å². The predicted octanol–water partition coefficient (Wildman–Crippen LogP) is 1.69. The van der Waals surface area contributed by atoms with Crippen LogP contribution in [0.25, 0.3) is 0 Å². The summed E-state index contributed by atoms with van der Waals surface area (Å²) in [7, 11) is 7.95. The summed E-state index contributed by atoms with van der Waals surface area (Å²) >= 11 is 0. The van der Waals surface area contributed by atoms with Crippen LogP contribution in [0.3, 0.4) is 0 Å². The van der Waals surface area contributed by atoms with Crippen molar-refractivity contribution < 1.29 is 4.74 Å². The standard InChI is InChI=1S/C12H20N2O/c1-13(2)8-9-14(3)11-6-5-7-12(10-11)15-4/h5-7,10H,8-9H2,1-4H3. The van der Waals surface area contributed by atoms with Gasteiger partial charge in [-0.3, -0.25) is 0 Å². The van der Waals surface area contributed by atoms with Crippen LogP contribution < -0.4 is 9.64 Å². The highest BCUT2D eigenvalue weighted by Gasteiger charge is 2.02. The minimum atomic E-state index is 0.907. The molecule has 0 aliphatic carbocycles. The molecule has 0 amide bonds. The average Bonchev–Trinajstić information content (AvgIpc) is 2.26. The van der Waals surface area contributed by atoms with Gasteiger partial charge >= 0.3 is 0 Å². The fourth-order valence-corrected chi connectivity index (χ4v) is 1.33. The molecule has 0 aliphatic rings. The molecule has 0 fully saturated rings. The Morgan fingerprint density at radius 1 is 1.13 bits per heavy atom. The molecule has 1 rings (SSSR count). The average molecular weight is 208 g/mol. The fraction of sp³-hybridized carbons (Fsp3) is 0.500. The molecule has 0 bridgehead atoms. The molecule has 0 aromatic heterocycles. The van der Waals surface area contributed by atoms with Gasteiger partial charge in [-0.1, -0.05) is 6.07 Å². The van der Waals surface area contributed by atoms with E-state index in [0.717, 1.165) is 18.8 Å². The molecule has 0 unspecified atom stereocenters. The topological polar surface area (TPSA) is 15.7 Å². The molecule has 1 aromatic rings. The lowest BCUT2D eigenvalue weighted by molar-refractivity contribution is 0.412. The van der Waals surface area contributed by atoms with Crippen molar-refractivity contribution in [2.24, 2.45) is 0 Å². The minimum absolute atomic E-state index is 0.907. The first kappa shape index (κ1) is 11.9. The summed E-state index contributed by atoms with van der Waals surface area (Å²) in [5.41, 5.74) is 1.19. The third-order valence-electron chi connectivity index (χ3n) is 2.38. The Balaban J connectivity index is 2.60. The van der Waals surface area contributed by atoms with E-state index in [1.165, 1.54) is 5.69 Å². The van der Waals surface area contributed by atoms with Gasteiger partial charge in [-0.2, -0.15) is 0 Å². The van der Waals surface area contributed by atoms with E-state index in [1.54, 1.807) is 7.11 Å². The summed E-state index contributed by atoms with van der Waals surface area (Å²) in [6.07, 6.45) is 0. The van der Waals surface area contributed by atoms with Gasteiger partial charge in [0.05, 0.1) is 7.11 Å². The van der Waals surface area contributed by atoms with E-state index < -0.39 is 0 Å². The molecule has 84 valence electrons. The molecule has 0 atom stereocenters. The van der Waals surface area contributed by atoms with Crippen LogP contribution in [0.2, 0.25) is 0 Å². The zero-order valence-electron chi connectivity index (χ0n) is 10.0. The monoisotopic (exact) mass is 208 g/mol. The van der Waals surface area contributed by atoms with Crippen LogP contribution in [-0.2, 0) is 0 Å². The molecular formula is C12H20N2O. The molecule has 15 heavy (non-hydrogen) atoms. The van der Waals surface area contributed by atoms with Gasteiger partial charge < -0.3 is 14.5 Å². The van der Waals surface area contributed by atoms with Gasteiger partial charge in [-0.05, 0) is 26.2 Å². The SMILES string of the molecule is COc1cccc(N(C)CCN(C)C)c1. The lowest BCUT2D eigenvalue weighted by atomic mass is 10.3. The molecule has 0 heterocycles. The van der Waals surface area contributed by atoms with Crippen LogP contribution in [0.1, 0.15) is 0 Å².